The molecule has 1 fully saturated rings. The molecule has 5 rings (SSSR count). The number of pyridine rings is 1. The Kier molecular flexibility index (Phi) is 6.86. The van der Waals surface area contributed by atoms with Crippen LogP contribution in [0.3, 0.4) is 0 Å². The Labute approximate surface area is 219 Å². The second-order valence-electron chi connectivity index (χ2n) is 11.4. The molecular weight excluding hydrogens is 462 g/mol. The quantitative estimate of drug-likeness (QED) is 0.395. The molecule has 1 aliphatic heterocycles. The van der Waals surface area contributed by atoms with Gasteiger partial charge in [0.1, 0.15) is 11.4 Å². The average Bonchev–Trinajstić information content (AvgIpc) is 3.69. The van der Waals surface area contributed by atoms with E-state index in [-0.39, 0.29) is 17.4 Å². The van der Waals surface area contributed by atoms with Gasteiger partial charge in [-0.25, -0.2) is 4.98 Å². The van der Waals surface area contributed by atoms with Crippen LogP contribution in [0.25, 0.3) is 0 Å². The van der Waals surface area contributed by atoms with E-state index in [0.29, 0.717) is 23.4 Å². The van der Waals surface area contributed by atoms with Crippen LogP contribution in [0.4, 0.5) is 23.1 Å². The normalized spacial score (nSPS) is 17.3. The number of carbonyl (C=O) groups is 1. The highest BCUT2D eigenvalue weighted by Crippen LogP contribution is 2.31. The highest BCUT2D eigenvalue weighted by molar-refractivity contribution is 5.99. The van der Waals surface area contributed by atoms with E-state index in [4.69, 9.17) is 4.98 Å². The number of aromatic nitrogens is 3. The molecule has 0 spiro atoms. The van der Waals surface area contributed by atoms with Crippen molar-refractivity contribution in [2.45, 2.75) is 71.4 Å². The van der Waals surface area contributed by atoms with E-state index < -0.39 is 0 Å². The van der Waals surface area contributed by atoms with E-state index in [1.807, 2.05) is 26.0 Å². The molecule has 1 aromatic carbocycles. The standard InChI is InChI=1S/C29H37N7O/c1-18(2)32-27(37)24-17-31-28(35-26(24)33-22-10-11-30-25(16-22)29(3,4)5)34-21-8-6-20-15-23(36-12-13-36)9-7-19(20)14-21/h6,8,10-11,14,16-18,23H,7,9,12-13,15H2,1-5H3,(H,32,37)(H2,30,31,33,34,35). The summed E-state index contributed by atoms with van der Waals surface area (Å²) >= 11 is 0. The van der Waals surface area contributed by atoms with Crippen LogP contribution in [-0.2, 0) is 18.3 Å². The van der Waals surface area contributed by atoms with Gasteiger partial charge in [0.05, 0.1) is 0 Å². The minimum absolute atomic E-state index is 0.00150. The van der Waals surface area contributed by atoms with Crippen molar-refractivity contribution in [3.8, 4) is 0 Å². The van der Waals surface area contributed by atoms with Crippen LogP contribution in [0.15, 0.2) is 42.7 Å². The van der Waals surface area contributed by atoms with Crippen molar-refractivity contribution in [2.75, 3.05) is 23.7 Å². The Morgan fingerprint density at radius 3 is 2.54 bits per heavy atom. The molecule has 194 valence electrons. The molecule has 1 atom stereocenters. The third-order valence-electron chi connectivity index (χ3n) is 6.91. The topological polar surface area (TPSA) is 94.8 Å². The van der Waals surface area contributed by atoms with Gasteiger partial charge in [-0.1, -0.05) is 26.8 Å². The van der Waals surface area contributed by atoms with Crippen molar-refractivity contribution >= 4 is 29.0 Å². The molecule has 8 heteroatoms. The maximum atomic E-state index is 12.9. The first kappa shape index (κ1) is 25.1. The van der Waals surface area contributed by atoms with Gasteiger partial charge >= 0.3 is 0 Å². The van der Waals surface area contributed by atoms with E-state index in [1.54, 1.807) is 12.4 Å². The fourth-order valence-corrected chi connectivity index (χ4v) is 4.78. The van der Waals surface area contributed by atoms with Crippen molar-refractivity contribution in [1.29, 1.82) is 0 Å². The number of anilines is 4. The van der Waals surface area contributed by atoms with Crippen LogP contribution in [0.5, 0.6) is 0 Å². The van der Waals surface area contributed by atoms with Gasteiger partial charge in [0.2, 0.25) is 5.95 Å². The van der Waals surface area contributed by atoms with Crippen molar-refractivity contribution in [3.63, 3.8) is 0 Å². The summed E-state index contributed by atoms with van der Waals surface area (Å²) in [6.07, 6.45) is 6.78. The Hall–Kier alpha value is -3.52. The highest BCUT2D eigenvalue weighted by atomic mass is 16.1. The number of carbonyl (C=O) groups excluding carboxylic acids is 1. The summed E-state index contributed by atoms with van der Waals surface area (Å²) in [5.41, 5.74) is 5.83. The first-order chi connectivity index (χ1) is 17.7. The summed E-state index contributed by atoms with van der Waals surface area (Å²) in [5.74, 6) is 0.663. The lowest BCUT2D eigenvalue weighted by Gasteiger charge is -2.26. The van der Waals surface area contributed by atoms with E-state index in [2.05, 4.69) is 69.8 Å². The number of hydrogen-bond donors (Lipinski definition) is 3. The molecule has 2 aromatic heterocycles. The number of nitrogens with zero attached hydrogens (tertiary/aromatic N) is 4. The van der Waals surface area contributed by atoms with Crippen molar-refractivity contribution in [3.05, 3.63) is 65.1 Å². The zero-order valence-corrected chi connectivity index (χ0v) is 22.4. The van der Waals surface area contributed by atoms with E-state index in [9.17, 15) is 4.79 Å². The van der Waals surface area contributed by atoms with Crippen LogP contribution >= 0.6 is 0 Å². The molecule has 2 aliphatic rings. The molecule has 0 bridgehead atoms. The monoisotopic (exact) mass is 499 g/mol. The molecule has 3 heterocycles. The zero-order chi connectivity index (χ0) is 26.2. The SMILES string of the molecule is CC(C)NC(=O)c1cnc(Nc2ccc3c(c2)CCC(N2CC2)C3)nc1Nc1ccnc(C(C)(C)C)c1. The largest absolute Gasteiger partial charge is 0.350 e. The summed E-state index contributed by atoms with van der Waals surface area (Å²) in [6, 6.07) is 11.1. The van der Waals surface area contributed by atoms with Gasteiger partial charge in [0.15, 0.2) is 0 Å². The third kappa shape index (κ3) is 6.07. The molecule has 3 N–H and O–H groups in total. The van der Waals surface area contributed by atoms with Crippen molar-refractivity contribution in [2.24, 2.45) is 0 Å². The van der Waals surface area contributed by atoms with Crippen LogP contribution < -0.4 is 16.0 Å². The van der Waals surface area contributed by atoms with Gasteiger partial charge in [0, 0.05) is 60.1 Å². The maximum Gasteiger partial charge on any atom is 0.256 e. The Balaban J connectivity index is 1.40. The van der Waals surface area contributed by atoms with Gasteiger partial charge in [-0.3, -0.25) is 14.7 Å². The average molecular weight is 500 g/mol. The lowest BCUT2D eigenvalue weighted by molar-refractivity contribution is 0.0943. The maximum absolute atomic E-state index is 12.9. The number of aryl methyl sites for hydroxylation is 1. The molecule has 37 heavy (non-hydrogen) atoms. The summed E-state index contributed by atoms with van der Waals surface area (Å²) in [4.78, 5) is 29.2. The summed E-state index contributed by atoms with van der Waals surface area (Å²) in [7, 11) is 0. The minimum Gasteiger partial charge on any atom is -0.350 e. The number of benzene rings is 1. The molecule has 8 nitrogen and oxygen atoms in total. The molecule has 1 saturated heterocycles. The number of nitrogens with one attached hydrogen (secondary N) is 3. The Morgan fingerprint density at radius 1 is 1.03 bits per heavy atom. The van der Waals surface area contributed by atoms with Gasteiger partial charge in [0.25, 0.3) is 5.91 Å². The van der Waals surface area contributed by atoms with Crippen LogP contribution in [-0.4, -0.2) is 50.9 Å². The number of rotatable bonds is 7. The highest BCUT2D eigenvalue weighted by Gasteiger charge is 2.30. The summed E-state index contributed by atoms with van der Waals surface area (Å²) in [5, 5.41) is 9.64. The van der Waals surface area contributed by atoms with E-state index in [0.717, 1.165) is 29.9 Å². The first-order valence-corrected chi connectivity index (χ1v) is 13.2. The molecule has 3 aromatic rings. The van der Waals surface area contributed by atoms with Crippen LogP contribution in [0.1, 0.15) is 68.2 Å². The zero-order valence-electron chi connectivity index (χ0n) is 22.4. The second-order valence-corrected chi connectivity index (χ2v) is 11.4. The Bertz CT molecular complexity index is 1290. The lowest BCUT2D eigenvalue weighted by Crippen LogP contribution is -2.31. The second kappa shape index (κ2) is 10.1. The van der Waals surface area contributed by atoms with Gasteiger partial charge < -0.3 is 16.0 Å². The van der Waals surface area contributed by atoms with Gasteiger partial charge in [-0.05, 0) is 68.5 Å². The van der Waals surface area contributed by atoms with E-state index in [1.165, 1.54) is 30.6 Å². The number of fused-ring (bicyclic) bond motifs is 1. The van der Waals surface area contributed by atoms with Crippen molar-refractivity contribution in [1.82, 2.24) is 25.2 Å². The molecule has 0 radical (unpaired) electrons. The Morgan fingerprint density at radius 2 is 1.81 bits per heavy atom. The first-order valence-electron chi connectivity index (χ1n) is 13.2. The third-order valence-corrected chi connectivity index (χ3v) is 6.91. The lowest BCUT2D eigenvalue weighted by atomic mass is 9.88. The van der Waals surface area contributed by atoms with Crippen LogP contribution in [0, 0.1) is 0 Å². The van der Waals surface area contributed by atoms with Crippen molar-refractivity contribution < 1.29 is 4.79 Å². The fourth-order valence-electron chi connectivity index (χ4n) is 4.78. The van der Waals surface area contributed by atoms with Gasteiger partial charge in [-0.15, -0.1) is 0 Å². The molecular formula is C29H37N7O. The molecule has 1 amide bonds. The summed E-state index contributed by atoms with van der Waals surface area (Å²) < 4.78 is 0. The summed E-state index contributed by atoms with van der Waals surface area (Å²) in [6.45, 7) is 12.7. The predicted octanol–water partition coefficient (Wildman–Crippen LogP) is 4.97. The number of hydrogen-bond acceptors (Lipinski definition) is 7. The fraction of sp³-hybridized carbons (Fsp3) is 0.448. The number of amides is 1. The van der Waals surface area contributed by atoms with E-state index >= 15 is 0 Å². The molecule has 1 aliphatic carbocycles. The van der Waals surface area contributed by atoms with Gasteiger partial charge in [-0.2, -0.15) is 4.98 Å². The smallest absolute Gasteiger partial charge is 0.256 e. The van der Waals surface area contributed by atoms with Crippen LogP contribution in [0.2, 0.25) is 0 Å². The predicted molar refractivity (Wildman–Crippen MR) is 148 cm³/mol. The minimum atomic E-state index is -0.219. The molecule has 1 unspecified atom stereocenters. The molecule has 0 saturated carbocycles.